The number of fused-ring (bicyclic) bond motifs is 2. The lowest BCUT2D eigenvalue weighted by molar-refractivity contribution is -0.119. The van der Waals surface area contributed by atoms with Crippen LogP contribution in [0.15, 0.2) is 24.3 Å². The number of nitrogens with one attached hydrogen (secondary N) is 1. The van der Waals surface area contributed by atoms with Crippen LogP contribution in [-0.4, -0.2) is 30.6 Å². The molecule has 0 saturated carbocycles. The van der Waals surface area contributed by atoms with Gasteiger partial charge in [0.15, 0.2) is 6.61 Å². The number of para-hydroxylation sites is 1. The van der Waals surface area contributed by atoms with Gasteiger partial charge in [-0.2, -0.15) is 5.26 Å². The molecule has 1 amide bonds. The van der Waals surface area contributed by atoms with Gasteiger partial charge in [-0.1, -0.05) is 25.1 Å². The number of thiophene rings is 1. The third-order valence-corrected chi connectivity index (χ3v) is 7.09. The first-order chi connectivity index (χ1) is 15.9. The first-order valence-electron chi connectivity index (χ1n) is 10.8. The van der Waals surface area contributed by atoms with Crippen molar-refractivity contribution < 1.29 is 19.1 Å². The molecule has 7 nitrogen and oxygen atoms in total. The van der Waals surface area contributed by atoms with Crippen molar-refractivity contribution in [2.45, 2.75) is 39.7 Å². The number of benzene rings is 1. The average Bonchev–Trinajstić information content (AvgIpc) is 3.13. The van der Waals surface area contributed by atoms with Gasteiger partial charge < -0.3 is 14.8 Å². The van der Waals surface area contributed by atoms with Gasteiger partial charge in [-0.05, 0) is 49.3 Å². The Bertz CT molecular complexity index is 1270. The highest BCUT2D eigenvalue weighted by molar-refractivity contribution is 7.16. The van der Waals surface area contributed by atoms with Gasteiger partial charge in [0.2, 0.25) is 0 Å². The molecule has 1 aliphatic rings. The van der Waals surface area contributed by atoms with Crippen molar-refractivity contribution in [3.63, 3.8) is 0 Å². The molecule has 0 bridgehead atoms. The van der Waals surface area contributed by atoms with E-state index in [1.165, 1.54) is 18.4 Å². The zero-order valence-electron chi connectivity index (χ0n) is 18.9. The van der Waals surface area contributed by atoms with Crippen LogP contribution in [0.4, 0.5) is 5.00 Å². The molecular weight excluding hydrogens is 438 g/mol. The summed E-state index contributed by atoms with van der Waals surface area (Å²) in [4.78, 5) is 31.2. The summed E-state index contributed by atoms with van der Waals surface area (Å²) in [5, 5.41) is 13.7. The lowest BCUT2D eigenvalue weighted by Crippen LogP contribution is -2.22. The second-order valence-electron chi connectivity index (χ2n) is 8.30. The Morgan fingerprint density at radius 3 is 2.88 bits per heavy atom. The van der Waals surface area contributed by atoms with Crippen LogP contribution >= 0.6 is 11.3 Å². The molecule has 2 heterocycles. The number of carbonyl (C=O) groups excluding carboxylic acids is 2. The predicted molar refractivity (Wildman–Crippen MR) is 126 cm³/mol. The fourth-order valence-corrected chi connectivity index (χ4v) is 5.65. The van der Waals surface area contributed by atoms with Crippen molar-refractivity contribution >= 4 is 39.1 Å². The molecule has 0 saturated heterocycles. The maximum Gasteiger partial charge on any atom is 0.340 e. The molecule has 33 heavy (non-hydrogen) atoms. The summed E-state index contributed by atoms with van der Waals surface area (Å²) in [6.45, 7) is 3.71. The number of nitrogens with zero attached hydrogens (tertiary/aromatic N) is 2. The molecular formula is C25H25N3O4S. The lowest BCUT2D eigenvalue weighted by Gasteiger charge is -2.17. The number of rotatable bonds is 6. The second-order valence-corrected chi connectivity index (χ2v) is 9.41. The maximum absolute atomic E-state index is 12.9. The summed E-state index contributed by atoms with van der Waals surface area (Å²) in [5.74, 6) is -0.550. The van der Waals surface area contributed by atoms with Gasteiger partial charge in [-0.3, -0.25) is 4.79 Å². The van der Waals surface area contributed by atoms with E-state index in [-0.39, 0.29) is 6.61 Å². The molecule has 2 aromatic heterocycles. The molecule has 1 aromatic carbocycles. The Labute approximate surface area is 196 Å². The van der Waals surface area contributed by atoms with Gasteiger partial charge in [0, 0.05) is 17.4 Å². The molecule has 170 valence electrons. The van der Waals surface area contributed by atoms with Crippen LogP contribution in [0.5, 0.6) is 0 Å². The second kappa shape index (κ2) is 9.69. The number of pyridine rings is 1. The van der Waals surface area contributed by atoms with Crippen molar-refractivity contribution in [2.75, 3.05) is 19.0 Å². The van der Waals surface area contributed by atoms with E-state index in [1.807, 2.05) is 31.2 Å². The number of esters is 1. The standard InChI is InChI=1S/C25H25N3O4S/c1-14-8-9-17-18(11-26)24(33-21(17)10-14)28-22(29)13-32-25(30)23-15(2)16-6-4-5-7-19(16)27-20(23)12-31-3/h4-7,14H,8-10,12-13H2,1-3H3,(H,28,29)/t14-/m1/s1. The molecule has 0 radical (unpaired) electrons. The van der Waals surface area contributed by atoms with Crippen LogP contribution in [0.3, 0.4) is 0 Å². The average molecular weight is 464 g/mol. The van der Waals surface area contributed by atoms with Gasteiger partial charge in [0.1, 0.15) is 11.1 Å². The van der Waals surface area contributed by atoms with E-state index in [0.29, 0.717) is 27.7 Å². The maximum atomic E-state index is 12.9. The van der Waals surface area contributed by atoms with Gasteiger partial charge in [-0.25, -0.2) is 9.78 Å². The Morgan fingerprint density at radius 1 is 1.33 bits per heavy atom. The fraction of sp³-hybridized carbons (Fsp3) is 0.360. The van der Waals surface area contributed by atoms with E-state index in [1.54, 1.807) is 0 Å². The zero-order chi connectivity index (χ0) is 23.5. The summed E-state index contributed by atoms with van der Waals surface area (Å²) in [6.07, 6.45) is 2.79. The molecule has 1 N–H and O–H groups in total. The molecule has 8 heteroatoms. The largest absolute Gasteiger partial charge is 0.452 e. The number of nitriles is 1. The van der Waals surface area contributed by atoms with Crippen LogP contribution in [0.1, 0.15) is 51.0 Å². The molecule has 0 aliphatic heterocycles. The van der Waals surface area contributed by atoms with Gasteiger partial charge in [0.05, 0.1) is 28.9 Å². The summed E-state index contributed by atoms with van der Waals surface area (Å²) >= 11 is 1.44. The smallest absolute Gasteiger partial charge is 0.340 e. The van der Waals surface area contributed by atoms with Crippen LogP contribution in [0, 0.1) is 24.2 Å². The van der Waals surface area contributed by atoms with Crippen molar-refractivity contribution in [3.05, 3.63) is 57.1 Å². The number of ether oxygens (including phenoxy) is 2. The Morgan fingerprint density at radius 2 is 2.12 bits per heavy atom. The number of aryl methyl sites for hydroxylation is 1. The molecule has 0 unspecified atom stereocenters. The quantitative estimate of drug-likeness (QED) is 0.539. The monoisotopic (exact) mass is 463 g/mol. The van der Waals surface area contributed by atoms with Gasteiger partial charge >= 0.3 is 5.97 Å². The zero-order valence-corrected chi connectivity index (χ0v) is 19.7. The highest BCUT2D eigenvalue weighted by Gasteiger charge is 2.25. The molecule has 1 aliphatic carbocycles. The third kappa shape index (κ3) is 4.61. The number of amides is 1. The minimum absolute atomic E-state index is 0.146. The third-order valence-electron chi connectivity index (χ3n) is 5.92. The Hall–Kier alpha value is -3.28. The number of methoxy groups -OCH3 is 1. The summed E-state index contributed by atoms with van der Waals surface area (Å²) < 4.78 is 10.6. The van der Waals surface area contributed by atoms with E-state index in [9.17, 15) is 14.9 Å². The van der Waals surface area contributed by atoms with Gasteiger partial charge in [-0.15, -0.1) is 11.3 Å². The van der Waals surface area contributed by atoms with E-state index in [2.05, 4.69) is 23.3 Å². The molecule has 1 atom stereocenters. The number of hydrogen-bond acceptors (Lipinski definition) is 7. The van der Waals surface area contributed by atoms with Crippen molar-refractivity contribution in [1.82, 2.24) is 4.98 Å². The number of hydrogen-bond donors (Lipinski definition) is 1. The molecule has 3 aromatic rings. The summed E-state index contributed by atoms with van der Waals surface area (Å²) in [7, 11) is 1.53. The van der Waals surface area contributed by atoms with Gasteiger partial charge in [0.25, 0.3) is 5.91 Å². The summed E-state index contributed by atoms with van der Waals surface area (Å²) in [5.41, 5.74) is 3.82. The minimum atomic E-state index is -0.632. The van der Waals surface area contributed by atoms with Crippen LogP contribution in [0.2, 0.25) is 0 Å². The SMILES string of the molecule is COCc1nc2ccccc2c(C)c1C(=O)OCC(=O)Nc1sc2c(c1C#N)CC[C@@H](C)C2. The topological polar surface area (TPSA) is 101 Å². The highest BCUT2D eigenvalue weighted by Crippen LogP contribution is 2.39. The molecule has 0 spiro atoms. The predicted octanol–water partition coefficient (Wildman–Crippen LogP) is 4.54. The van der Waals surface area contributed by atoms with E-state index in [0.717, 1.165) is 46.2 Å². The van der Waals surface area contributed by atoms with Crippen molar-refractivity contribution in [1.29, 1.82) is 5.26 Å². The molecule has 0 fully saturated rings. The number of aromatic nitrogens is 1. The summed E-state index contributed by atoms with van der Waals surface area (Å²) in [6, 6.07) is 9.75. The number of carbonyl (C=O) groups is 2. The van der Waals surface area contributed by atoms with Crippen LogP contribution < -0.4 is 5.32 Å². The van der Waals surface area contributed by atoms with Crippen LogP contribution in [-0.2, 0) is 33.7 Å². The highest BCUT2D eigenvalue weighted by atomic mass is 32.1. The normalized spacial score (nSPS) is 15.0. The van der Waals surface area contributed by atoms with E-state index < -0.39 is 18.5 Å². The van der Waals surface area contributed by atoms with E-state index >= 15 is 0 Å². The Kier molecular flexibility index (Phi) is 6.72. The lowest BCUT2D eigenvalue weighted by atomic mass is 9.89. The Balaban J connectivity index is 1.50. The van der Waals surface area contributed by atoms with Crippen molar-refractivity contribution in [2.24, 2.45) is 5.92 Å². The minimum Gasteiger partial charge on any atom is -0.452 e. The molecule has 4 rings (SSSR count). The first kappa shape index (κ1) is 22.9. The fourth-order valence-electron chi connectivity index (χ4n) is 4.28. The van der Waals surface area contributed by atoms with Crippen LogP contribution in [0.25, 0.3) is 10.9 Å². The van der Waals surface area contributed by atoms with E-state index in [4.69, 9.17) is 9.47 Å². The number of anilines is 1. The van der Waals surface area contributed by atoms with Crippen molar-refractivity contribution in [3.8, 4) is 6.07 Å². The first-order valence-corrected chi connectivity index (χ1v) is 11.6.